The molecule has 0 aliphatic rings. The summed E-state index contributed by atoms with van der Waals surface area (Å²) in [7, 11) is -2.64. The molecule has 0 atom stereocenters. The van der Waals surface area contributed by atoms with Crippen molar-refractivity contribution in [2.45, 2.75) is 4.90 Å². The topological polar surface area (TPSA) is 75.7 Å². The smallest absolute Gasteiger partial charge is 0.264 e. The van der Waals surface area contributed by atoms with Crippen molar-refractivity contribution in [1.29, 1.82) is 0 Å². The number of sulfonamides is 1. The Kier molecular flexibility index (Phi) is 7.33. The highest BCUT2D eigenvalue weighted by atomic mass is 35.5. The highest BCUT2D eigenvalue weighted by Crippen LogP contribution is 2.31. The number of benzene rings is 3. The fourth-order valence-electron chi connectivity index (χ4n) is 2.77. The van der Waals surface area contributed by atoms with Crippen LogP contribution in [0.4, 0.5) is 11.4 Å². The summed E-state index contributed by atoms with van der Waals surface area (Å²) >= 11 is 18.1. The van der Waals surface area contributed by atoms with Crippen LogP contribution in [0.2, 0.25) is 15.1 Å². The summed E-state index contributed by atoms with van der Waals surface area (Å²) in [5, 5.41) is 3.44. The lowest BCUT2D eigenvalue weighted by Crippen LogP contribution is -2.38. The number of carbonyl (C=O) groups excluding carboxylic acids is 1. The molecule has 0 aromatic heterocycles. The number of hydrogen-bond donors (Lipinski definition) is 1. The molecule has 0 aliphatic carbocycles. The van der Waals surface area contributed by atoms with E-state index in [4.69, 9.17) is 39.5 Å². The molecule has 162 valence electrons. The lowest BCUT2D eigenvalue weighted by Gasteiger charge is -2.24. The summed E-state index contributed by atoms with van der Waals surface area (Å²) in [4.78, 5) is 12.9. The zero-order chi connectivity index (χ0) is 22.6. The molecule has 10 heteroatoms. The normalized spacial score (nSPS) is 11.1. The molecule has 6 nitrogen and oxygen atoms in total. The minimum atomic E-state index is -4.08. The number of carbonyl (C=O) groups is 1. The average molecular weight is 500 g/mol. The number of anilines is 2. The van der Waals surface area contributed by atoms with E-state index in [9.17, 15) is 13.2 Å². The van der Waals surface area contributed by atoms with Crippen LogP contribution >= 0.6 is 34.8 Å². The number of rotatable bonds is 7. The molecule has 1 amide bonds. The van der Waals surface area contributed by atoms with Crippen molar-refractivity contribution < 1.29 is 17.9 Å². The van der Waals surface area contributed by atoms with Crippen LogP contribution in [-0.2, 0) is 14.8 Å². The molecular weight excluding hydrogens is 483 g/mol. The Hall–Kier alpha value is -2.45. The van der Waals surface area contributed by atoms with Crippen molar-refractivity contribution >= 4 is 62.1 Å². The van der Waals surface area contributed by atoms with Crippen LogP contribution in [0, 0.1) is 0 Å². The number of nitrogens with zero attached hydrogens (tertiary/aromatic N) is 1. The summed E-state index contributed by atoms with van der Waals surface area (Å²) in [5.74, 6) is -0.226. The first-order chi connectivity index (χ1) is 14.7. The van der Waals surface area contributed by atoms with E-state index in [-0.39, 0.29) is 20.6 Å². The van der Waals surface area contributed by atoms with Crippen LogP contribution in [0.3, 0.4) is 0 Å². The van der Waals surface area contributed by atoms with Gasteiger partial charge in [0.2, 0.25) is 5.91 Å². The standard InChI is InChI=1S/C21H17Cl3N2O4S/c1-30-20-10-7-14(22)11-19(20)25-21(27)13-26(15-8-9-17(23)18(24)12-15)31(28,29)16-5-3-2-4-6-16/h2-12H,13H2,1H3,(H,25,27). The van der Waals surface area contributed by atoms with E-state index < -0.39 is 22.5 Å². The van der Waals surface area contributed by atoms with Gasteiger partial charge >= 0.3 is 0 Å². The molecule has 3 aromatic carbocycles. The average Bonchev–Trinajstić information content (AvgIpc) is 2.75. The maximum absolute atomic E-state index is 13.3. The lowest BCUT2D eigenvalue weighted by atomic mass is 10.3. The van der Waals surface area contributed by atoms with E-state index in [2.05, 4.69) is 5.32 Å². The molecule has 0 saturated heterocycles. The van der Waals surface area contributed by atoms with Crippen LogP contribution in [0.1, 0.15) is 0 Å². The Morgan fingerprint density at radius 2 is 1.68 bits per heavy atom. The molecule has 3 aromatic rings. The molecule has 0 radical (unpaired) electrons. The predicted octanol–water partition coefficient (Wildman–Crippen LogP) is 5.49. The van der Waals surface area contributed by atoms with Gasteiger partial charge < -0.3 is 10.1 Å². The molecule has 1 N–H and O–H groups in total. The summed E-state index contributed by atoms with van der Waals surface area (Å²) in [6.45, 7) is -0.523. The zero-order valence-corrected chi connectivity index (χ0v) is 19.3. The summed E-state index contributed by atoms with van der Waals surface area (Å²) < 4.78 is 32.8. The monoisotopic (exact) mass is 498 g/mol. The van der Waals surface area contributed by atoms with Crippen molar-refractivity contribution in [2.24, 2.45) is 0 Å². The van der Waals surface area contributed by atoms with Crippen molar-refractivity contribution in [1.82, 2.24) is 0 Å². The van der Waals surface area contributed by atoms with Gasteiger partial charge in [0.05, 0.1) is 33.4 Å². The third-order valence-electron chi connectivity index (χ3n) is 4.25. The molecule has 0 bridgehead atoms. The van der Waals surface area contributed by atoms with Crippen LogP contribution < -0.4 is 14.4 Å². The highest BCUT2D eigenvalue weighted by molar-refractivity contribution is 7.92. The van der Waals surface area contributed by atoms with Crippen molar-refractivity contribution in [3.8, 4) is 5.75 Å². The van der Waals surface area contributed by atoms with E-state index in [0.29, 0.717) is 16.5 Å². The maximum Gasteiger partial charge on any atom is 0.264 e. The minimum Gasteiger partial charge on any atom is -0.495 e. The first-order valence-corrected chi connectivity index (χ1v) is 11.5. The van der Waals surface area contributed by atoms with Crippen molar-refractivity contribution in [3.63, 3.8) is 0 Å². The van der Waals surface area contributed by atoms with E-state index in [1.54, 1.807) is 30.3 Å². The van der Waals surface area contributed by atoms with E-state index >= 15 is 0 Å². The molecule has 0 fully saturated rings. The zero-order valence-electron chi connectivity index (χ0n) is 16.2. The second kappa shape index (κ2) is 9.78. The molecule has 0 saturated carbocycles. The van der Waals surface area contributed by atoms with Gasteiger partial charge in [-0.1, -0.05) is 53.0 Å². The molecule has 0 heterocycles. The fraction of sp³-hybridized carbons (Fsp3) is 0.0952. The molecule has 0 spiro atoms. The minimum absolute atomic E-state index is 0.0224. The van der Waals surface area contributed by atoms with Gasteiger partial charge in [-0.3, -0.25) is 9.10 Å². The summed E-state index contributed by atoms with van der Waals surface area (Å²) in [6, 6.07) is 16.8. The van der Waals surface area contributed by atoms with Gasteiger partial charge in [0.25, 0.3) is 10.0 Å². The second-order valence-electron chi connectivity index (χ2n) is 6.32. The maximum atomic E-state index is 13.3. The number of amides is 1. The molecular formula is C21H17Cl3N2O4S. The predicted molar refractivity (Wildman–Crippen MR) is 124 cm³/mol. The van der Waals surface area contributed by atoms with Gasteiger partial charge in [0, 0.05) is 5.02 Å². The van der Waals surface area contributed by atoms with Gasteiger partial charge in [-0.05, 0) is 48.5 Å². The molecule has 0 aliphatic heterocycles. The number of ether oxygens (including phenoxy) is 1. The highest BCUT2D eigenvalue weighted by Gasteiger charge is 2.28. The Balaban J connectivity index is 1.98. The van der Waals surface area contributed by atoms with E-state index in [1.165, 1.54) is 43.5 Å². The van der Waals surface area contributed by atoms with Crippen LogP contribution in [0.15, 0.2) is 71.6 Å². The quantitative estimate of drug-likeness (QED) is 0.466. The number of methoxy groups -OCH3 is 1. The third-order valence-corrected chi connectivity index (χ3v) is 7.01. The Labute approximate surface area is 195 Å². The van der Waals surface area contributed by atoms with Gasteiger partial charge in [0.1, 0.15) is 12.3 Å². The fourth-order valence-corrected chi connectivity index (χ4v) is 4.67. The van der Waals surface area contributed by atoms with Crippen molar-refractivity contribution in [3.05, 3.63) is 81.8 Å². The molecule has 0 unspecified atom stereocenters. The van der Waals surface area contributed by atoms with Gasteiger partial charge in [-0.25, -0.2) is 8.42 Å². The van der Waals surface area contributed by atoms with Crippen LogP contribution in [-0.4, -0.2) is 28.0 Å². The van der Waals surface area contributed by atoms with E-state index in [0.717, 1.165) is 4.31 Å². The molecule has 3 rings (SSSR count). The third kappa shape index (κ3) is 5.43. The first-order valence-electron chi connectivity index (χ1n) is 8.88. The van der Waals surface area contributed by atoms with Gasteiger partial charge in [-0.15, -0.1) is 0 Å². The van der Waals surface area contributed by atoms with Gasteiger partial charge in [-0.2, -0.15) is 0 Å². The number of halogens is 3. The number of hydrogen-bond acceptors (Lipinski definition) is 4. The Morgan fingerprint density at radius 3 is 2.32 bits per heavy atom. The largest absolute Gasteiger partial charge is 0.495 e. The van der Waals surface area contributed by atoms with Gasteiger partial charge in [0.15, 0.2) is 0 Å². The summed E-state index contributed by atoms with van der Waals surface area (Å²) in [5.41, 5.74) is 0.498. The summed E-state index contributed by atoms with van der Waals surface area (Å²) in [6.07, 6.45) is 0. The molecule has 31 heavy (non-hydrogen) atoms. The number of nitrogens with one attached hydrogen (secondary N) is 1. The Bertz CT molecular complexity index is 1200. The van der Waals surface area contributed by atoms with Crippen molar-refractivity contribution in [2.75, 3.05) is 23.3 Å². The van der Waals surface area contributed by atoms with Crippen LogP contribution in [0.25, 0.3) is 0 Å². The van der Waals surface area contributed by atoms with Crippen LogP contribution in [0.5, 0.6) is 5.75 Å². The van der Waals surface area contributed by atoms with E-state index in [1.807, 2.05) is 0 Å². The second-order valence-corrected chi connectivity index (χ2v) is 9.43. The first kappa shape index (κ1) is 23.2. The SMILES string of the molecule is COc1ccc(Cl)cc1NC(=O)CN(c1ccc(Cl)c(Cl)c1)S(=O)(=O)c1ccccc1. The Morgan fingerprint density at radius 1 is 0.968 bits per heavy atom. The lowest BCUT2D eigenvalue weighted by molar-refractivity contribution is -0.114.